The third kappa shape index (κ3) is 12.3. The molecule has 1 fully saturated rings. The topological polar surface area (TPSA) is 174 Å². The summed E-state index contributed by atoms with van der Waals surface area (Å²) in [6.07, 6.45) is 7.32. The van der Waals surface area contributed by atoms with Gasteiger partial charge in [-0.2, -0.15) is 0 Å². The van der Waals surface area contributed by atoms with E-state index < -0.39 is 41.4 Å². The van der Waals surface area contributed by atoms with E-state index in [1.807, 2.05) is 89.0 Å². The molecule has 0 bridgehead atoms. The molecule has 15 nitrogen and oxygen atoms in total. The number of aryl methyl sites for hydroxylation is 4. The van der Waals surface area contributed by atoms with Gasteiger partial charge in [-0.1, -0.05) is 62.3 Å². The fourth-order valence-corrected chi connectivity index (χ4v) is 9.71. The highest BCUT2D eigenvalue weighted by molar-refractivity contribution is 7.13. The van der Waals surface area contributed by atoms with Crippen molar-refractivity contribution in [3.8, 4) is 27.3 Å². The van der Waals surface area contributed by atoms with Gasteiger partial charge in [-0.3, -0.25) is 19.2 Å². The first-order chi connectivity index (χ1) is 33.0. The molecule has 69 heavy (non-hydrogen) atoms. The van der Waals surface area contributed by atoms with Crippen LogP contribution >= 0.6 is 11.3 Å². The van der Waals surface area contributed by atoms with Gasteiger partial charge < -0.3 is 39.0 Å². The number of carbonyl (C=O) groups is 4. The van der Waals surface area contributed by atoms with Crippen molar-refractivity contribution >= 4 is 46.4 Å². The highest BCUT2D eigenvalue weighted by Gasteiger charge is 2.46. The van der Waals surface area contributed by atoms with E-state index in [9.17, 15) is 19.2 Å². The number of nitrogens with zero attached hydrogens (tertiary/aromatic N) is 6. The number of esters is 1. The largest absolute Gasteiger partial charge is 0.461 e. The number of benzene rings is 3. The number of carbonyl (C=O) groups excluding carboxylic acids is 4. The molecule has 4 atom stereocenters. The molecule has 0 radical (unpaired) electrons. The Bertz CT molecular complexity index is 2690. The summed E-state index contributed by atoms with van der Waals surface area (Å²) >= 11 is 1.57. The van der Waals surface area contributed by atoms with Crippen molar-refractivity contribution in [3.05, 3.63) is 119 Å². The van der Waals surface area contributed by atoms with Gasteiger partial charge in [-0.15, -0.1) is 11.3 Å². The van der Waals surface area contributed by atoms with Crippen LogP contribution in [0.3, 0.4) is 0 Å². The molecule has 2 N–H and O–H groups in total. The zero-order valence-corrected chi connectivity index (χ0v) is 41.9. The fourth-order valence-electron chi connectivity index (χ4n) is 8.89. The lowest BCUT2D eigenvalue weighted by atomic mass is 9.85. The molecule has 364 valence electrons. The van der Waals surface area contributed by atoms with Crippen molar-refractivity contribution in [2.45, 2.75) is 112 Å². The molecular weight excluding hydrogens is 893 g/mol. The van der Waals surface area contributed by atoms with Crippen molar-refractivity contribution in [2.24, 2.45) is 5.41 Å². The predicted molar refractivity (Wildman–Crippen MR) is 267 cm³/mol. The van der Waals surface area contributed by atoms with E-state index >= 15 is 0 Å². The number of hydrogen-bond acceptors (Lipinski definition) is 12. The van der Waals surface area contributed by atoms with Crippen LogP contribution in [0.5, 0.6) is 0 Å². The van der Waals surface area contributed by atoms with Gasteiger partial charge in [0, 0.05) is 61.5 Å². The third-order valence-corrected chi connectivity index (χ3v) is 13.5. The average Bonchev–Trinajstić information content (AvgIpc) is 4.15. The second kappa shape index (κ2) is 22.2. The van der Waals surface area contributed by atoms with E-state index in [4.69, 9.17) is 14.0 Å². The maximum absolute atomic E-state index is 14.4. The molecule has 2 unspecified atom stereocenters. The van der Waals surface area contributed by atoms with Crippen molar-refractivity contribution in [1.82, 2.24) is 35.2 Å². The Labute approximate surface area is 408 Å². The standard InChI is InChI=1S/C53H64N8O7S/c1-33-13-14-41(48-35(3)58-68-37(48)5)27-45(33)60(43-21-19-42(20-22-43)59-25-23-54-31-59)24-11-10-12-26-66-30-47(63)57-50(53(7,8)9)52(65)61-29-44(67-38(6)62)28-46(61)51(64)56-34(2)39-15-17-40(18-16-39)49-36(4)55-32-69-49/h13-23,25,27,31-32,34,44,46,50H,10-12,24,26,28-30H2,1-9H3,(H,56,64)(H,57,63)/t34?,44-,46+,50?/m1/s1. The molecule has 1 aliphatic rings. The average molecular weight is 957 g/mol. The molecule has 16 heteroatoms. The Kier molecular flexibility index (Phi) is 16.2. The predicted octanol–water partition coefficient (Wildman–Crippen LogP) is 9.15. The van der Waals surface area contributed by atoms with Crippen molar-refractivity contribution in [3.63, 3.8) is 0 Å². The molecule has 0 saturated carbocycles. The lowest BCUT2D eigenvalue weighted by molar-refractivity contribution is -0.147. The molecule has 1 aliphatic heterocycles. The highest BCUT2D eigenvalue weighted by Crippen LogP contribution is 2.36. The number of aromatic nitrogens is 4. The van der Waals surface area contributed by atoms with Gasteiger partial charge in [0.25, 0.3) is 0 Å². The summed E-state index contributed by atoms with van der Waals surface area (Å²) in [5, 5.41) is 10.2. The zero-order valence-electron chi connectivity index (χ0n) is 41.1. The molecule has 6 aromatic rings. The van der Waals surface area contributed by atoms with E-state index in [1.54, 1.807) is 23.9 Å². The van der Waals surface area contributed by atoms with Crippen LogP contribution in [-0.4, -0.2) is 92.8 Å². The summed E-state index contributed by atoms with van der Waals surface area (Å²) in [5.41, 5.74) is 11.1. The summed E-state index contributed by atoms with van der Waals surface area (Å²) in [6.45, 7) is 17.6. The van der Waals surface area contributed by atoms with Crippen molar-refractivity contribution in [1.29, 1.82) is 0 Å². The van der Waals surface area contributed by atoms with Gasteiger partial charge in [-0.05, 0) is 112 Å². The molecule has 1 saturated heterocycles. The summed E-state index contributed by atoms with van der Waals surface area (Å²) in [5.74, 6) is -0.976. The number of amides is 3. The van der Waals surface area contributed by atoms with E-state index in [2.05, 4.69) is 80.0 Å². The lowest BCUT2D eigenvalue weighted by Gasteiger charge is -2.35. The van der Waals surface area contributed by atoms with Gasteiger partial charge in [0.05, 0.1) is 40.7 Å². The molecular formula is C53H64N8O7S. The van der Waals surface area contributed by atoms with Gasteiger partial charge in [-0.25, -0.2) is 9.97 Å². The van der Waals surface area contributed by atoms with Crippen LogP contribution < -0.4 is 15.5 Å². The number of likely N-dealkylation sites (tertiary alicyclic amines) is 1. The maximum Gasteiger partial charge on any atom is 0.302 e. The van der Waals surface area contributed by atoms with Crippen molar-refractivity contribution < 1.29 is 33.2 Å². The quantitative estimate of drug-likeness (QED) is 0.0586. The summed E-state index contributed by atoms with van der Waals surface area (Å²) in [7, 11) is 0. The Morgan fingerprint density at radius 1 is 0.928 bits per heavy atom. The van der Waals surface area contributed by atoms with Crippen LogP contribution in [0.1, 0.15) is 94.6 Å². The number of rotatable bonds is 19. The molecule has 3 aromatic carbocycles. The zero-order chi connectivity index (χ0) is 49.4. The minimum absolute atomic E-state index is 0.0210. The molecule has 3 aromatic heterocycles. The maximum atomic E-state index is 14.4. The first-order valence-corrected chi connectivity index (χ1v) is 24.4. The number of unbranched alkanes of at least 4 members (excludes halogenated alkanes) is 2. The molecule has 3 amide bonds. The van der Waals surface area contributed by atoms with E-state index in [1.165, 1.54) is 11.8 Å². The number of hydrogen-bond donors (Lipinski definition) is 2. The number of nitrogens with one attached hydrogen (secondary N) is 2. The molecule has 0 spiro atoms. The van der Waals surface area contributed by atoms with Crippen LogP contribution in [0.15, 0.2) is 95.5 Å². The normalized spacial score (nSPS) is 15.7. The fraction of sp³-hybridized carbons (Fsp3) is 0.415. The van der Waals surface area contributed by atoms with Crippen LogP contribution in [-0.2, 0) is 28.7 Å². The van der Waals surface area contributed by atoms with Crippen LogP contribution in [0, 0.1) is 33.1 Å². The summed E-state index contributed by atoms with van der Waals surface area (Å²) < 4.78 is 18.9. The van der Waals surface area contributed by atoms with E-state index in [0.29, 0.717) is 6.61 Å². The minimum Gasteiger partial charge on any atom is -0.461 e. The van der Waals surface area contributed by atoms with Crippen LogP contribution in [0.25, 0.3) is 27.3 Å². The minimum atomic E-state index is -0.986. The Balaban J connectivity index is 0.945. The van der Waals surface area contributed by atoms with Gasteiger partial charge in [0.15, 0.2) is 0 Å². The number of thiazole rings is 1. The highest BCUT2D eigenvalue weighted by atomic mass is 32.1. The van der Waals surface area contributed by atoms with E-state index in [-0.39, 0.29) is 31.5 Å². The first-order valence-electron chi connectivity index (χ1n) is 23.5. The Morgan fingerprint density at radius 3 is 2.30 bits per heavy atom. The smallest absolute Gasteiger partial charge is 0.302 e. The van der Waals surface area contributed by atoms with Crippen LogP contribution in [0.2, 0.25) is 0 Å². The molecule has 7 rings (SSSR count). The summed E-state index contributed by atoms with van der Waals surface area (Å²) in [6, 6.07) is 20.5. The second-order valence-corrected chi connectivity index (χ2v) is 19.8. The van der Waals surface area contributed by atoms with Crippen LogP contribution in [0.4, 0.5) is 11.4 Å². The summed E-state index contributed by atoms with van der Waals surface area (Å²) in [4.78, 5) is 67.3. The monoisotopic (exact) mass is 956 g/mol. The Hall–Kier alpha value is -6.65. The number of ether oxygens (including phenoxy) is 2. The molecule has 0 aliphatic carbocycles. The SMILES string of the molecule is CC(=O)O[C@@H]1C[C@@H](C(=O)NC(C)c2ccc(-c3scnc3C)cc2)N(C(=O)C(NC(=O)COCCCCCN(c2ccc(-n3ccnc3)cc2)c2cc(-c3c(C)noc3C)ccc2C)C(C)(C)C)C1. The third-order valence-electron chi connectivity index (χ3n) is 12.6. The number of imidazole rings is 1. The first kappa shape index (κ1) is 50.2. The van der Waals surface area contributed by atoms with Gasteiger partial charge in [0.1, 0.15) is 30.6 Å². The van der Waals surface area contributed by atoms with Gasteiger partial charge in [0.2, 0.25) is 17.7 Å². The molecule has 4 heterocycles. The lowest BCUT2D eigenvalue weighted by Crippen LogP contribution is -2.58. The van der Waals surface area contributed by atoms with Gasteiger partial charge >= 0.3 is 5.97 Å². The van der Waals surface area contributed by atoms with Crippen molar-refractivity contribution in [2.75, 3.05) is 31.2 Å². The number of anilines is 2. The second-order valence-electron chi connectivity index (χ2n) is 18.9. The van der Waals surface area contributed by atoms with E-state index in [0.717, 1.165) is 92.7 Å². The Morgan fingerprint density at radius 2 is 1.67 bits per heavy atom.